The maximum atomic E-state index is 6.03. The lowest BCUT2D eigenvalue weighted by atomic mass is 10.1. The molecule has 0 radical (unpaired) electrons. The van der Waals surface area contributed by atoms with Crippen LogP contribution < -0.4 is 9.47 Å². The third kappa shape index (κ3) is 5.59. The van der Waals surface area contributed by atoms with Crippen LogP contribution in [0.5, 0.6) is 11.5 Å². The molecule has 2 aromatic rings. The van der Waals surface area contributed by atoms with Crippen molar-refractivity contribution in [3.05, 3.63) is 57.6 Å². The van der Waals surface area contributed by atoms with Crippen LogP contribution in [0.3, 0.4) is 0 Å². The first-order chi connectivity index (χ1) is 11.5. The molecule has 24 heavy (non-hydrogen) atoms. The summed E-state index contributed by atoms with van der Waals surface area (Å²) in [5, 5.41) is 1.07. The number of nitrogens with zero attached hydrogens (tertiary/aromatic N) is 1. The Balaban J connectivity index is 2.00. The number of halogens is 2. The Bertz CT molecular complexity index is 674. The molecule has 0 spiro atoms. The zero-order chi connectivity index (χ0) is 17.5. The van der Waals surface area contributed by atoms with Gasteiger partial charge in [0, 0.05) is 0 Å². The minimum absolute atomic E-state index is 0.410. The maximum Gasteiger partial charge on any atom is 0.161 e. The Morgan fingerprint density at radius 2 is 1.67 bits per heavy atom. The van der Waals surface area contributed by atoms with Crippen molar-refractivity contribution in [2.45, 2.75) is 19.4 Å². The summed E-state index contributed by atoms with van der Waals surface area (Å²) in [6.45, 7) is 1.48. The number of aryl methyl sites for hydroxylation is 1. The quantitative estimate of drug-likeness (QED) is 0.649. The Morgan fingerprint density at radius 3 is 2.33 bits per heavy atom. The van der Waals surface area contributed by atoms with Gasteiger partial charge in [-0.3, -0.25) is 0 Å². The molecule has 3 nitrogen and oxygen atoms in total. The van der Waals surface area contributed by atoms with Gasteiger partial charge in [-0.05, 0) is 68.9 Å². The second-order valence-corrected chi connectivity index (χ2v) is 6.74. The van der Waals surface area contributed by atoms with Crippen LogP contribution in [-0.2, 0) is 13.0 Å². The molecule has 0 aliphatic rings. The van der Waals surface area contributed by atoms with Crippen molar-refractivity contribution in [2.24, 2.45) is 0 Å². The van der Waals surface area contributed by atoms with Crippen LogP contribution in [0.15, 0.2) is 36.4 Å². The summed E-state index contributed by atoms with van der Waals surface area (Å²) in [6, 6.07) is 11.6. The van der Waals surface area contributed by atoms with Gasteiger partial charge < -0.3 is 14.4 Å². The van der Waals surface area contributed by atoms with E-state index in [1.54, 1.807) is 13.2 Å². The largest absolute Gasteiger partial charge is 0.493 e. The fraction of sp³-hybridized carbons (Fsp3) is 0.368. The van der Waals surface area contributed by atoms with Gasteiger partial charge in [0.2, 0.25) is 0 Å². The molecular formula is C19H23Cl2NO2. The lowest BCUT2D eigenvalue weighted by Gasteiger charge is -2.13. The molecule has 0 unspecified atom stereocenters. The average molecular weight is 368 g/mol. The molecule has 0 amide bonds. The standard InChI is InChI=1S/C19H23Cl2NO2/c1-22(2)10-4-5-14-7-9-18(19(12-14)23-3)24-13-15-6-8-16(20)17(21)11-15/h6-9,11-12H,4-5,10,13H2,1-3H3. The first kappa shape index (κ1) is 18.9. The number of hydrogen-bond donors (Lipinski definition) is 0. The Labute approximate surface area is 154 Å². The molecule has 0 atom stereocenters. The van der Waals surface area contributed by atoms with Crippen LogP contribution in [-0.4, -0.2) is 32.6 Å². The minimum atomic E-state index is 0.410. The van der Waals surface area contributed by atoms with Gasteiger partial charge in [0.1, 0.15) is 6.61 Å². The molecule has 0 heterocycles. The fourth-order valence-electron chi connectivity index (χ4n) is 2.38. The summed E-state index contributed by atoms with van der Waals surface area (Å²) >= 11 is 12.0. The topological polar surface area (TPSA) is 21.7 Å². The van der Waals surface area contributed by atoms with Crippen LogP contribution in [0.4, 0.5) is 0 Å². The Hall–Kier alpha value is -1.42. The lowest BCUT2D eigenvalue weighted by Crippen LogP contribution is -2.13. The van der Waals surface area contributed by atoms with E-state index in [2.05, 4.69) is 25.1 Å². The van der Waals surface area contributed by atoms with Gasteiger partial charge >= 0.3 is 0 Å². The van der Waals surface area contributed by atoms with Gasteiger partial charge in [0.15, 0.2) is 11.5 Å². The first-order valence-corrected chi connectivity index (χ1v) is 8.63. The lowest BCUT2D eigenvalue weighted by molar-refractivity contribution is 0.284. The smallest absolute Gasteiger partial charge is 0.161 e. The van der Waals surface area contributed by atoms with Gasteiger partial charge in [-0.1, -0.05) is 35.3 Å². The highest BCUT2D eigenvalue weighted by Gasteiger charge is 2.07. The van der Waals surface area contributed by atoms with Crippen molar-refractivity contribution in [1.29, 1.82) is 0 Å². The summed E-state index contributed by atoms with van der Waals surface area (Å²) in [6.07, 6.45) is 2.13. The molecule has 0 bridgehead atoms. The molecular weight excluding hydrogens is 345 g/mol. The number of rotatable bonds is 8. The summed E-state index contributed by atoms with van der Waals surface area (Å²) in [5.41, 5.74) is 2.21. The van der Waals surface area contributed by atoms with Gasteiger partial charge in [-0.15, -0.1) is 0 Å². The molecule has 0 saturated heterocycles. The molecule has 0 aliphatic heterocycles. The molecule has 5 heteroatoms. The zero-order valence-electron chi connectivity index (χ0n) is 14.3. The predicted octanol–water partition coefficient (Wildman–Crippen LogP) is 5.08. The molecule has 0 aromatic heterocycles. The van der Waals surface area contributed by atoms with E-state index >= 15 is 0 Å². The normalized spacial score (nSPS) is 10.9. The van der Waals surface area contributed by atoms with Crippen molar-refractivity contribution in [3.8, 4) is 11.5 Å². The van der Waals surface area contributed by atoms with Crippen LogP contribution in [0.25, 0.3) is 0 Å². The summed E-state index contributed by atoms with van der Waals surface area (Å²) in [5.74, 6) is 1.47. The van der Waals surface area contributed by atoms with Gasteiger partial charge in [-0.25, -0.2) is 0 Å². The SMILES string of the molecule is COc1cc(CCCN(C)C)ccc1OCc1ccc(Cl)c(Cl)c1. The molecule has 2 rings (SSSR count). The third-order valence-electron chi connectivity index (χ3n) is 3.68. The summed E-state index contributed by atoms with van der Waals surface area (Å²) < 4.78 is 11.3. The highest BCUT2D eigenvalue weighted by atomic mass is 35.5. The number of ether oxygens (including phenoxy) is 2. The molecule has 2 aromatic carbocycles. The first-order valence-electron chi connectivity index (χ1n) is 7.88. The van der Waals surface area contributed by atoms with E-state index in [4.69, 9.17) is 32.7 Å². The second kappa shape index (κ2) is 9.16. The van der Waals surface area contributed by atoms with Crippen LogP contribution in [0, 0.1) is 0 Å². The molecule has 0 fully saturated rings. The summed E-state index contributed by atoms with van der Waals surface area (Å²) in [7, 11) is 5.83. The molecule has 0 N–H and O–H groups in total. The van der Waals surface area contributed by atoms with E-state index in [-0.39, 0.29) is 0 Å². The van der Waals surface area contributed by atoms with E-state index in [9.17, 15) is 0 Å². The van der Waals surface area contributed by atoms with Crippen LogP contribution in [0.1, 0.15) is 17.5 Å². The monoisotopic (exact) mass is 367 g/mol. The zero-order valence-corrected chi connectivity index (χ0v) is 15.8. The van der Waals surface area contributed by atoms with E-state index in [0.29, 0.717) is 16.7 Å². The Kier molecular flexibility index (Phi) is 7.22. The molecule has 0 saturated carbocycles. The summed E-state index contributed by atoms with van der Waals surface area (Å²) in [4.78, 5) is 2.19. The van der Waals surface area contributed by atoms with Crippen LogP contribution in [0.2, 0.25) is 10.0 Å². The van der Waals surface area contributed by atoms with E-state index in [1.165, 1.54) is 5.56 Å². The van der Waals surface area contributed by atoms with E-state index < -0.39 is 0 Å². The second-order valence-electron chi connectivity index (χ2n) is 5.93. The molecule has 130 valence electrons. The maximum absolute atomic E-state index is 6.03. The van der Waals surface area contributed by atoms with Crippen molar-refractivity contribution in [1.82, 2.24) is 4.90 Å². The highest BCUT2D eigenvalue weighted by molar-refractivity contribution is 6.42. The van der Waals surface area contributed by atoms with Crippen molar-refractivity contribution in [2.75, 3.05) is 27.7 Å². The van der Waals surface area contributed by atoms with Crippen molar-refractivity contribution >= 4 is 23.2 Å². The predicted molar refractivity (Wildman–Crippen MR) is 101 cm³/mol. The molecule has 0 aliphatic carbocycles. The number of benzene rings is 2. The number of hydrogen-bond acceptors (Lipinski definition) is 3. The minimum Gasteiger partial charge on any atom is -0.493 e. The highest BCUT2D eigenvalue weighted by Crippen LogP contribution is 2.30. The van der Waals surface area contributed by atoms with Gasteiger partial charge in [0.25, 0.3) is 0 Å². The van der Waals surface area contributed by atoms with Crippen molar-refractivity contribution in [3.63, 3.8) is 0 Å². The van der Waals surface area contributed by atoms with Crippen LogP contribution >= 0.6 is 23.2 Å². The van der Waals surface area contributed by atoms with E-state index in [0.717, 1.165) is 36.4 Å². The third-order valence-corrected chi connectivity index (χ3v) is 4.42. The fourth-order valence-corrected chi connectivity index (χ4v) is 2.70. The van der Waals surface area contributed by atoms with Gasteiger partial charge in [0.05, 0.1) is 17.2 Å². The number of methoxy groups -OCH3 is 1. The van der Waals surface area contributed by atoms with Crippen molar-refractivity contribution < 1.29 is 9.47 Å². The average Bonchev–Trinajstić information content (AvgIpc) is 2.56. The van der Waals surface area contributed by atoms with E-state index in [1.807, 2.05) is 24.3 Å². The Morgan fingerprint density at radius 1 is 0.917 bits per heavy atom. The van der Waals surface area contributed by atoms with Gasteiger partial charge in [-0.2, -0.15) is 0 Å².